The normalized spacial score (nSPS) is 22.2. The van der Waals surface area contributed by atoms with E-state index in [1.165, 1.54) is 11.3 Å². The van der Waals surface area contributed by atoms with E-state index < -0.39 is 0 Å². The molecule has 118 valence electrons. The second-order valence-corrected chi connectivity index (χ2v) is 7.54. The lowest BCUT2D eigenvalue weighted by Crippen LogP contribution is -2.31. The van der Waals surface area contributed by atoms with Crippen molar-refractivity contribution >= 4 is 40.4 Å². The number of amides is 1. The number of hydrogen-bond donors (Lipinski definition) is 2. The first-order valence-corrected chi connectivity index (χ1v) is 8.73. The van der Waals surface area contributed by atoms with Gasteiger partial charge < -0.3 is 15.8 Å². The zero-order chi connectivity index (χ0) is 15.2. The molecule has 0 atom stereocenters. The number of nitrogens with one attached hydrogen (secondary N) is 1. The summed E-state index contributed by atoms with van der Waals surface area (Å²) >= 11 is 12.9. The minimum atomic E-state index is -0.188. The summed E-state index contributed by atoms with van der Waals surface area (Å²) in [5.74, 6) is -0.188. The third-order valence-corrected chi connectivity index (χ3v) is 5.07. The van der Waals surface area contributed by atoms with Crippen molar-refractivity contribution in [3.05, 3.63) is 20.3 Å². The van der Waals surface area contributed by atoms with E-state index in [9.17, 15) is 4.79 Å². The van der Waals surface area contributed by atoms with E-state index in [-0.39, 0.29) is 5.91 Å². The molecule has 0 aromatic carbocycles. The van der Waals surface area contributed by atoms with Gasteiger partial charge in [0.25, 0.3) is 5.91 Å². The summed E-state index contributed by atoms with van der Waals surface area (Å²) in [6, 6.07) is 1.93. The summed E-state index contributed by atoms with van der Waals surface area (Å²) < 4.78 is 6.74. The topological polar surface area (TPSA) is 64.3 Å². The number of carbonyl (C=O) groups is 1. The molecule has 1 amide bonds. The third-order valence-electron chi connectivity index (χ3n) is 3.58. The van der Waals surface area contributed by atoms with Crippen molar-refractivity contribution in [3.63, 3.8) is 0 Å². The number of hydrogen-bond acceptors (Lipinski definition) is 4. The number of thiophene rings is 1. The van der Waals surface area contributed by atoms with E-state index in [1.54, 1.807) is 6.07 Å². The number of ether oxygens (including phenoxy) is 1. The van der Waals surface area contributed by atoms with Gasteiger partial charge in [-0.15, -0.1) is 11.3 Å². The van der Waals surface area contributed by atoms with E-state index in [0.717, 1.165) is 32.1 Å². The highest BCUT2D eigenvalue weighted by Gasteiger charge is 2.18. The predicted molar refractivity (Wildman–Crippen MR) is 87.5 cm³/mol. The van der Waals surface area contributed by atoms with Crippen LogP contribution in [0.3, 0.4) is 0 Å². The van der Waals surface area contributed by atoms with Gasteiger partial charge in [-0.25, -0.2) is 0 Å². The SMILES string of the molecule is NC1CCC(OCCCNC(=O)c2cc(Cl)sc2Cl)CC1. The van der Waals surface area contributed by atoms with Gasteiger partial charge in [-0.1, -0.05) is 23.2 Å². The van der Waals surface area contributed by atoms with Crippen molar-refractivity contribution in [1.82, 2.24) is 5.32 Å². The molecule has 21 heavy (non-hydrogen) atoms. The molecule has 0 aliphatic heterocycles. The van der Waals surface area contributed by atoms with Gasteiger partial charge in [0.15, 0.2) is 0 Å². The summed E-state index contributed by atoms with van der Waals surface area (Å²) in [6.45, 7) is 1.22. The molecule has 1 aromatic heterocycles. The lowest BCUT2D eigenvalue weighted by atomic mass is 9.94. The Morgan fingerprint density at radius 2 is 2.10 bits per heavy atom. The molecule has 7 heteroatoms. The molecule has 1 heterocycles. The number of halogens is 2. The minimum absolute atomic E-state index is 0.188. The van der Waals surface area contributed by atoms with Crippen molar-refractivity contribution in [1.29, 1.82) is 0 Å². The Kier molecular flexibility index (Phi) is 6.76. The Labute approximate surface area is 138 Å². The second kappa shape index (κ2) is 8.34. The first kappa shape index (κ1) is 17.0. The summed E-state index contributed by atoms with van der Waals surface area (Å²) in [7, 11) is 0. The standard InChI is InChI=1S/C14H20Cl2N2O2S/c15-12-8-11(13(16)21-12)14(19)18-6-1-7-20-10-4-2-9(17)3-5-10/h8-10H,1-7,17H2,(H,18,19). The lowest BCUT2D eigenvalue weighted by molar-refractivity contribution is 0.0241. The predicted octanol–water partition coefficient (Wildman–Crippen LogP) is 3.46. The van der Waals surface area contributed by atoms with Crippen molar-refractivity contribution in [2.45, 2.75) is 44.2 Å². The van der Waals surface area contributed by atoms with Gasteiger partial charge >= 0.3 is 0 Å². The highest BCUT2D eigenvalue weighted by atomic mass is 35.5. The highest BCUT2D eigenvalue weighted by Crippen LogP contribution is 2.30. The fourth-order valence-electron chi connectivity index (χ4n) is 2.37. The van der Waals surface area contributed by atoms with E-state index >= 15 is 0 Å². The largest absolute Gasteiger partial charge is 0.378 e. The van der Waals surface area contributed by atoms with Crippen LogP contribution in [0.25, 0.3) is 0 Å². The van der Waals surface area contributed by atoms with Gasteiger partial charge in [0, 0.05) is 19.2 Å². The highest BCUT2D eigenvalue weighted by molar-refractivity contribution is 7.20. The maximum Gasteiger partial charge on any atom is 0.253 e. The minimum Gasteiger partial charge on any atom is -0.378 e. The van der Waals surface area contributed by atoms with Gasteiger partial charge in [-0.05, 0) is 38.2 Å². The Balaban J connectivity index is 1.59. The average molecular weight is 351 g/mol. The molecule has 1 aliphatic rings. The maximum atomic E-state index is 11.9. The summed E-state index contributed by atoms with van der Waals surface area (Å²) in [6.07, 6.45) is 5.26. The third kappa shape index (κ3) is 5.42. The lowest BCUT2D eigenvalue weighted by Gasteiger charge is -2.26. The van der Waals surface area contributed by atoms with Crippen molar-refractivity contribution in [2.24, 2.45) is 5.73 Å². The molecule has 1 aromatic rings. The molecule has 0 bridgehead atoms. The number of rotatable bonds is 6. The zero-order valence-corrected chi connectivity index (χ0v) is 14.1. The van der Waals surface area contributed by atoms with Gasteiger partial charge in [-0.2, -0.15) is 0 Å². The van der Waals surface area contributed by atoms with Crippen molar-refractivity contribution in [3.8, 4) is 0 Å². The van der Waals surface area contributed by atoms with E-state index in [0.29, 0.717) is 39.5 Å². The van der Waals surface area contributed by atoms with Crippen LogP contribution in [0.15, 0.2) is 6.07 Å². The fourth-order valence-corrected chi connectivity index (χ4v) is 3.83. The molecule has 0 saturated heterocycles. The van der Waals surface area contributed by atoms with Crippen LogP contribution in [-0.2, 0) is 4.74 Å². The molecule has 0 spiro atoms. The van der Waals surface area contributed by atoms with Crippen LogP contribution in [0.4, 0.5) is 0 Å². The first-order chi connectivity index (χ1) is 10.1. The molecule has 1 fully saturated rings. The Bertz CT molecular complexity index is 474. The molecule has 2 rings (SSSR count). The van der Waals surface area contributed by atoms with E-state index in [1.807, 2.05) is 0 Å². The molecule has 0 unspecified atom stereocenters. The number of nitrogens with two attached hydrogens (primary N) is 1. The Morgan fingerprint density at radius 1 is 1.38 bits per heavy atom. The van der Waals surface area contributed by atoms with E-state index in [4.69, 9.17) is 33.7 Å². The van der Waals surface area contributed by atoms with Crippen LogP contribution in [0.5, 0.6) is 0 Å². The molecular formula is C14H20Cl2N2O2S. The summed E-state index contributed by atoms with van der Waals surface area (Å²) in [5.41, 5.74) is 6.29. The zero-order valence-electron chi connectivity index (χ0n) is 11.7. The molecule has 1 saturated carbocycles. The summed E-state index contributed by atoms with van der Waals surface area (Å²) in [4.78, 5) is 11.9. The van der Waals surface area contributed by atoms with Gasteiger partial charge in [-0.3, -0.25) is 4.79 Å². The monoisotopic (exact) mass is 350 g/mol. The van der Waals surface area contributed by atoms with Gasteiger partial charge in [0.1, 0.15) is 4.34 Å². The van der Waals surface area contributed by atoms with Crippen LogP contribution >= 0.6 is 34.5 Å². The molecule has 1 aliphatic carbocycles. The van der Waals surface area contributed by atoms with Crippen molar-refractivity contribution in [2.75, 3.05) is 13.2 Å². The van der Waals surface area contributed by atoms with Crippen LogP contribution in [0.1, 0.15) is 42.5 Å². The Hall–Kier alpha value is -0.330. The second-order valence-electron chi connectivity index (χ2n) is 5.25. The maximum absolute atomic E-state index is 11.9. The molecule has 0 radical (unpaired) electrons. The van der Waals surface area contributed by atoms with Gasteiger partial charge in [0.05, 0.1) is 16.0 Å². The first-order valence-electron chi connectivity index (χ1n) is 7.16. The molecular weight excluding hydrogens is 331 g/mol. The van der Waals surface area contributed by atoms with Crippen molar-refractivity contribution < 1.29 is 9.53 Å². The van der Waals surface area contributed by atoms with Gasteiger partial charge in [0.2, 0.25) is 0 Å². The molecule has 3 N–H and O–H groups in total. The number of carbonyl (C=O) groups excluding carboxylic acids is 1. The van der Waals surface area contributed by atoms with E-state index in [2.05, 4.69) is 5.32 Å². The average Bonchev–Trinajstić information content (AvgIpc) is 2.79. The smallest absolute Gasteiger partial charge is 0.253 e. The van der Waals surface area contributed by atoms with Crippen LogP contribution < -0.4 is 11.1 Å². The molecule has 4 nitrogen and oxygen atoms in total. The van der Waals surface area contributed by atoms with Crippen LogP contribution in [0.2, 0.25) is 8.67 Å². The van der Waals surface area contributed by atoms with Crippen LogP contribution in [0, 0.1) is 0 Å². The quantitative estimate of drug-likeness (QED) is 0.772. The summed E-state index contributed by atoms with van der Waals surface area (Å²) in [5, 5.41) is 2.82. The van der Waals surface area contributed by atoms with Crippen LogP contribution in [-0.4, -0.2) is 31.2 Å². The Morgan fingerprint density at radius 3 is 2.71 bits per heavy atom. The fraction of sp³-hybridized carbons (Fsp3) is 0.643.